The molecule has 0 unspecified atom stereocenters. The molecule has 3 aliphatic heterocycles. The minimum Gasteiger partial charge on any atom is -0.383 e. The van der Waals surface area contributed by atoms with Gasteiger partial charge in [0.1, 0.15) is 0 Å². The van der Waals surface area contributed by atoms with Crippen LogP contribution in [0.5, 0.6) is 0 Å². The quantitative estimate of drug-likeness (QED) is 0.780. The van der Waals surface area contributed by atoms with Crippen molar-refractivity contribution in [3.63, 3.8) is 0 Å². The molecule has 0 bridgehead atoms. The van der Waals surface area contributed by atoms with Crippen molar-refractivity contribution < 1.29 is 9.53 Å². The van der Waals surface area contributed by atoms with Crippen LogP contribution in [0.15, 0.2) is 24.3 Å². The van der Waals surface area contributed by atoms with Gasteiger partial charge in [-0.3, -0.25) is 9.69 Å². The number of methoxy groups -OCH3 is 1. The lowest BCUT2D eigenvalue weighted by atomic mass is 9.88. The fourth-order valence-electron chi connectivity index (χ4n) is 5.71. The van der Waals surface area contributed by atoms with Gasteiger partial charge in [-0.1, -0.05) is 24.3 Å². The lowest BCUT2D eigenvalue weighted by Crippen LogP contribution is -2.43. The molecule has 0 aliphatic carbocycles. The second kappa shape index (κ2) is 8.52. The van der Waals surface area contributed by atoms with Gasteiger partial charge in [0.2, 0.25) is 5.91 Å². The Bertz CT molecular complexity index is 686. The van der Waals surface area contributed by atoms with Crippen LogP contribution in [-0.2, 0) is 9.53 Å². The SMILES string of the molecule is COCCN1CCC(C(=O)N2C[C@@H]3CN(C)[C@@H](c4ccccc4C)[C@@H]3C2)CC1. The van der Waals surface area contributed by atoms with Crippen molar-refractivity contribution in [3.8, 4) is 0 Å². The van der Waals surface area contributed by atoms with Gasteiger partial charge in [0.25, 0.3) is 0 Å². The summed E-state index contributed by atoms with van der Waals surface area (Å²) in [4.78, 5) is 20.3. The Balaban J connectivity index is 1.38. The molecule has 28 heavy (non-hydrogen) atoms. The van der Waals surface area contributed by atoms with Crippen LogP contribution in [0.3, 0.4) is 0 Å². The molecule has 0 aromatic heterocycles. The van der Waals surface area contributed by atoms with Crippen molar-refractivity contribution in [2.24, 2.45) is 17.8 Å². The normalized spacial score (nSPS) is 29.4. The Labute approximate surface area is 169 Å². The summed E-state index contributed by atoms with van der Waals surface area (Å²) < 4.78 is 5.19. The number of benzene rings is 1. The Morgan fingerprint density at radius 3 is 2.61 bits per heavy atom. The molecule has 0 N–H and O–H groups in total. The highest BCUT2D eigenvalue weighted by molar-refractivity contribution is 5.79. The highest BCUT2D eigenvalue weighted by Gasteiger charge is 2.48. The van der Waals surface area contributed by atoms with E-state index in [1.165, 1.54) is 11.1 Å². The van der Waals surface area contributed by atoms with Crippen LogP contribution in [-0.4, -0.2) is 80.6 Å². The van der Waals surface area contributed by atoms with Crippen molar-refractivity contribution >= 4 is 5.91 Å². The summed E-state index contributed by atoms with van der Waals surface area (Å²) in [5, 5.41) is 0. The minimum absolute atomic E-state index is 0.215. The molecule has 3 saturated heterocycles. The maximum absolute atomic E-state index is 13.2. The second-order valence-electron chi connectivity index (χ2n) is 9.02. The van der Waals surface area contributed by atoms with Crippen molar-refractivity contribution in [3.05, 3.63) is 35.4 Å². The summed E-state index contributed by atoms with van der Waals surface area (Å²) in [5.74, 6) is 1.80. The molecular formula is C23H35N3O2. The molecule has 3 atom stereocenters. The zero-order chi connectivity index (χ0) is 19.7. The predicted molar refractivity (Wildman–Crippen MR) is 111 cm³/mol. The molecule has 1 aromatic rings. The highest BCUT2D eigenvalue weighted by Crippen LogP contribution is 2.45. The number of nitrogens with zero attached hydrogens (tertiary/aromatic N) is 3. The maximum atomic E-state index is 13.2. The zero-order valence-corrected chi connectivity index (χ0v) is 17.6. The predicted octanol–water partition coefficient (Wildman–Crippen LogP) is 2.41. The van der Waals surface area contributed by atoms with Gasteiger partial charge in [-0.25, -0.2) is 0 Å². The van der Waals surface area contributed by atoms with Crippen LogP contribution >= 0.6 is 0 Å². The van der Waals surface area contributed by atoms with E-state index in [1.807, 2.05) is 0 Å². The molecule has 3 aliphatic rings. The summed E-state index contributed by atoms with van der Waals surface area (Å²) in [7, 11) is 4.00. The summed E-state index contributed by atoms with van der Waals surface area (Å²) >= 11 is 0. The Morgan fingerprint density at radius 1 is 1.14 bits per heavy atom. The van der Waals surface area contributed by atoms with Crippen LogP contribution in [0, 0.1) is 24.7 Å². The Kier molecular flexibility index (Phi) is 6.04. The number of aryl methyl sites for hydroxylation is 1. The maximum Gasteiger partial charge on any atom is 0.225 e. The molecule has 1 aromatic carbocycles. The van der Waals surface area contributed by atoms with Gasteiger partial charge in [-0.15, -0.1) is 0 Å². The number of rotatable bonds is 5. The lowest BCUT2D eigenvalue weighted by Gasteiger charge is -2.34. The number of carbonyl (C=O) groups is 1. The first-order valence-electron chi connectivity index (χ1n) is 10.8. The summed E-state index contributed by atoms with van der Waals surface area (Å²) in [6, 6.07) is 9.21. The van der Waals surface area contributed by atoms with Crippen LogP contribution < -0.4 is 0 Å². The van der Waals surface area contributed by atoms with Crippen LogP contribution in [0.2, 0.25) is 0 Å². The molecule has 3 fully saturated rings. The third kappa shape index (κ3) is 3.85. The van der Waals surface area contributed by atoms with Crippen molar-refractivity contribution in [1.82, 2.24) is 14.7 Å². The van der Waals surface area contributed by atoms with Crippen LogP contribution in [0.1, 0.15) is 30.0 Å². The minimum atomic E-state index is 0.215. The van der Waals surface area contributed by atoms with E-state index in [4.69, 9.17) is 4.74 Å². The average molecular weight is 386 g/mol. The fraction of sp³-hybridized carbons (Fsp3) is 0.696. The molecule has 3 heterocycles. The molecule has 1 amide bonds. The van der Waals surface area contributed by atoms with Gasteiger partial charge in [-0.05, 0) is 56.9 Å². The summed E-state index contributed by atoms with van der Waals surface area (Å²) in [5.41, 5.74) is 2.81. The third-order valence-electron chi connectivity index (χ3n) is 7.26. The van der Waals surface area contributed by atoms with E-state index in [1.54, 1.807) is 7.11 Å². The number of ether oxygens (including phenoxy) is 1. The molecule has 154 valence electrons. The van der Waals surface area contributed by atoms with E-state index in [0.29, 0.717) is 23.8 Å². The molecule has 5 nitrogen and oxygen atoms in total. The topological polar surface area (TPSA) is 36.0 Å². The zero-order valence-electron chi connectivity index (χ0n) is 17.6. The number of piperidine rings is 1. The smallest absolute Gasteiger partial charge is 0.225 e. The van der Waals surface area contributed by atoms with E-state index in [0.717, 1.165) is 58.7 Å². The third-order valence-corrected chi connectivity index (χ3v) is 7.26. The number of carbonyl (C=O) groups excluding carboxylic acids is 1. The molecule has 5 heteroatoms. The standard InChI is InChI=1S/C23H35N3O2/c1-17-6-4-5-7-20(17)22-21-16-26(15-19(21)14-24(22)2)23(27)18-8-10-25(11-9-18)12-13-28-3/h4-7,18-19,21-22H,8-16H2,1-3H3/t19-,21+,22-/m0/s1. The first-order valence-corrected chi connectivity index (χ1v) is 10.8. The van der Waals surface area contributed by atoms with E-state index in [9.17, 15) is 4.79 Å². The lowest BCUT2D eigenvalue weighted by molar-refractivity contribution is -0.136. The highest BCUT2D eigenvalue weighted by atomic mass is 16.5. The first-order chi connectivity index (χ1) is 13.6. The summed E-state index contributed by atoms with van der Waals surface area (Å²) in [6.07, 6.45) is 1.99. The van der Waals surface area contributed by atoms with Gasteiger partial charge in [-0.2, -0.15) is 0 Å². The number of amides is 1. The van der Waals surface area contributed by atoms with Gasteiger partial charge in [0.15, 0.2) is 0 Å². The van der Waals surface area contributed by atoms with Crippen molar-refractivity contribution in [2.45, 2.75) is 25.8 Å². The fourth-order valence-corrected chi connectivity index (χ4v) is 5.71. The number of hydrogen-bond donors (Lipinski definition) is 0. The number of fused-ring (bicyclic) bond motifs is 1. The first kappa shape index (κ1) is 19.9. The summed E-state index contributed by atoms with van der Waals surface area (Å²) in [6.45, 7) is 8.99. The van der Waals surface area contributed by atoms with E-state index in [-0.39, 0.29) is 5.92 Å². The number of likely N-dealkylation sites (tertiary alicyclic amines) is 3. The van der Waals surface area contributed by atoms with Gasteiger partial charge >= 0.3 is 0 Å². The Morgan fingerprint density at radius 2 is 1.89 bits per heavy atom. The largest absolute Gasteiger partial charge is 0.383 e. The molecule has 0 spiro atoms. The molecule has 4 rings (SSSR count). The monoisotopic (exact) mass is 385 g/mol. The van der Waals surface area contributed by atoms with Crippen molar-refractivity contribution in [1.29, 1.82) is 0 Å². The average Bonchev–Trinajstić information content (AvgIpc) is 3.23. The van der Waals surface area contributed by atoms with Crippen LogP contribution in [0.4, 0.5) is 0 Å². The van der Waals surface area contributed by atoms with Crippen LogP contribution in [0.25, 0.3) is 0 Å². The van der Waals surface area contributed by atoms with Crippen molar-refractivity contribution in [2.75, 3.05) is 60.0 Å². The number of hydrogen-bond acceptors (Lipinski definition) is 4. The Hall–Kier alpha value is -1.43. The van der Waals surface area contributed by atoms with E-state index in [2.05, 4.69) is 52.9 Å². The van der Waals surface area contributed by atoms with Gasteiger partial charge in [0, 0.05) is 51.2 Å². The molecular weight excluding hydrogens is 350 g/mol. The van der Waals surface area contributed by atoms with E-state index >= 15 is 0 Å². The molecule has 0 radical (unpaired) electrons. The molecule has 0 saturated carbocycles. The van der Waals surface area contributed by atoms with Gasteiger partial charge in [0.05, 0.1) is 6.61 Å². The van der Waals surface area contributed by atoms with Gasteiger partial charge < -0.3 is 14.5 Å². The second-order valence-corrected chi connectivity index (χ2v) is 9.02. The van der Waals surface area contributed by atoms with E-state index < -0.39 is 0 Å².